The molecule has 32 heavy (non-hydrogen) atoms. The van der Waals surface area contributed by atoms with Crippen LogP contribution >= 0.6 is 0 Å². The highest BCUT2D eigenvalue weighted by Gasteiger charge is 2.19. The van der Waals surface area contributed by atoms with E-state index in [0.29, 0.717) is 22.5 Å². The van der Waals surface area contributed by atoms with E-state index in [1.165, 1.54) is 12.3 Å². The molecule has 0 aliphatic heterocycles. The third-order valence-electron chi connectivity index (χ3n) is 5.20. The van der Waals surface area contributed by atoms with Crippen molar-refractivity contribution in [1.82, 2.24) is 0 Å². The summed E-state index contributed by atoms with van der Waals surface area (Å²) < 4.78 is 39.8. The van der Waals surface area contributed by atoms with Crippen molar-refractivity contribution in [3.63, 3.8) is 0 Å². The standard InChI is InChI=1S/C25H21F2NO4/c26-13-21(28)19-6-3-5-18(24(19)27)20-11-15(10-17-8-9-31-25(17)20)14-32-22-7-2-1-4-16(22)12-23(29)30/h1-11,21H,12-14,28H2,(H,29,30). The predicted molar refractivity (Wildman–Crippen MR) is 117 cm³/mol. The van der Waals surface area contributed by atoms with Crippen LogP contribution in [0.25, 0.3) is 22.1 Å². The van der Waals surface area contributed by atoms with Crippen LogP contribution in [0.2, 0.25) is 0 Å². The summed E-state index contributed by atoms with van der Waals surface area (Å²) in [5.74, 6) is -1.09. The Kier molecular flexibility index (Phi) is 6.18. The normalized spacial score (nSPS) is 12.1. The number of fused-ring (bicyclic) bond motifs is 1. The lowest BCUT2D eigenvalue weighted by Gasteiger charge is -2.14. The van der Waals surface area contributed by atoms with Crippen molar-refractivity contribution < 1.29 is 27.8 Å². The molecule has 0 aliphatic rings. The Morgan fingerprint density at radius 2 is 1.91 bits per heavy atom. The second-order valence-corrected chi connectivity index (χ2v) is 7.42. The number of hydrogen-bond donors (Lipinski definition) is 2. The summed E-state index contributed by atoms with van der Waals surface area (Å²) >= 11 is 0. The van der Waals surface area contributed by atoms with Crippen LogP contribution in [0.5, 0.6) is 5.75 Å². The largest absolute Gasteiger partial charge is 0.489 e. The average molecular weight is 437 g/mol. The van der Waals surface area contributed by atoms with Gasteiger partial charge in [-0.3, -0.25) is 4.79 Å². The number of alkyl halides is 1. The smallest absolute Gasteiger partial charge is 0.307 e. The highest BCUT2D eigenvalue weighted by molar-refractivity contribution is 5.93. The summed E-state index contributed by atoms with van der Waals surface area (Å²) in [6.45, 7) is -0.740. The summed E-state index contributed by atoms with van der Waals surface area (Å²) in [4.78, 5) is 11.1. The van der Waals surface area contributed by atoms with Gasteiger partial charge >= 0.3 is 5.97 Å². The van der Waals surface area contributed by atoms with Crippen LogP contribution in [0.4, 0.5) is 8.78 Å². The zero-order valence-electron chi connectivity index (χ0n) is 17.1. The molecule has 5 nitrogen and oxygen atoms in total. The number of carboxylic acid groups (broad SMARTS) is 1. The number of carboxylic acids is 1. The van der Waals surface area contributed by atoms with Crippen LogP contribution < -0.4 is 10.5 Å². The molecule has 0 saturated heterocycles. The molecule has 7 heteroatoms. The van der Waals surface area contributed by atoms with Gasteiger partial charge < -0.3 is 20.0 Å². The molecular formula is C25H21F2NO4. The van der Waals surface area contributed by atoms with Crippen molar-refractivity contribution in [2.24, 2.45) is 5.73 Å². The summed E-state index contributed by atoms with van der Waals surface area (Å²) in [5, 5.41) is 9.85. The van der Waals surface area contributed by atoms with Gasteiger partial charge in [0, 0.05) is 27.6 Å². The Morgan fingerprint density at radius 3 is 2.69 bits per heavy atom. The number of halogens is 2. The second-order valence-electron chi connectivity index (χ2n) is 7.42. The maximum absolute atomic E-state index is 15.2. The number of rotatable bonds is 8. The van der Waals surface area contributed by atoms with Crippen LogP contribution in [-0.2, 0) is 17.8 Å². The number of nitrogens with two attached hydrogens (primary N) is 1. The molecule has 1 aromatic heterocycles. The van der Waals surface area contributed by atoms with E-state index in [9.17, 15) is 9.18 Å². The summed E-state index contributed by atoms with van der Waals surface area (Å²) in [7, 11) is 0. The van der Waals surface area contributed by atoms with Gasteiger partial charge in [-0.15, -0.1) is 0 Å². The van der Waals surface area contributed by atoms with Gasteiger partial charge in [-0.1, -0.05) is 36.4 Å². The molecule has 4 rings (SSSR count). The fourth-order valence-corrected chi connectivity index (χ4v) is 3.67. The zero-order valence-corrected chi connectivity index (χ0v) is 17.1. The highest BCUT2D eigenvalue weighted by Crippen LogP contribution is 2.35. The predicted octanol–water partition coefficient (Wildman–Crippen LogP) is 5.41. The van der Waals surface area contributed by atoms with Gasteiger partial charge in [0.25, 0.3) is 0 Å². The van der Waals surface area contributed by atoms with Crippen molar-refractivity contribution in [2.75, 3.05) is 6.67 Å². The first-order chi connectivity index (χ1) is 15.5. The quantitative estimate of drug-likeness (QED) is 0.385. The second kappa shape index (κ2) is 9.20. The van der Waals surface area contributed by atoms with E-state index < -0.39 is 24.5 Å². The molecule has 0 bridgehead atoms. The SMILES string of the molecule is NC(CF)c1cccc(-c2cc(COc3ccccc3CC(=O)O)cc3ccoc23)c1F. The van der Waals surface area contributed by atoms with Gasteiger partial charge in [-0.05, 0) is 29.8 Å². The molecule has 0 saturated carbocycles. The van der Waals surface area contributed by atoms with Gasteiger partial charge in [0.05, 0.1) is 18.7 Å². The van der Waals surface area contributed by atoms with E-state index in [2.05, 4.69) is 0 Å². The fraction of sp³-hybridized carbons (Fsp3) is 0.160. The van der Waals surface area contributed by atoms with Crippen molar-refractivity contribution in [2.45, 2.75) is 19.1 Å². The Balaban J connectivity index is 1.71. The maximum atomic E-state index is 15.2. The number of para-hydroxylation sites is 1. The van der Waals surface area contributed by atoms with Crippen LogP contribution in [0, 0.1) is 5.82 Å². The first kappa shape index (κ1) is 21.5. The van der Waals surface area contributed by atoms with E-state index in [1.807, 2.05) is 6.07 Å². The van der Waals surface area contributed by atoms with Gasteiger partial charge in [-0.2, -0.15) is 0 Å². The minimum Gasteiger partial charge on any atom is -0.489 e. The number of benzene rings is 3. The minimum atomic E-state index is -1.06. The monoisotopic (exact) mass is 437 g/mol. The number of ether oxygens (including phenoxy) is 1. The maximum Gasteiger partial charge on any atom is 0.307 e. The van der Waals surface area contributed by atoms with Crippen molar-refractivity contribution in [3.8, 4) is 16.9 Å². The molecule has 1 heterocycles. The van der Waals surface area contributed by atoms with Crippen LogP contribution in [-0.4, -0.2) is 17.8 Å². The fourth-order valence-electron chi connectivity index (χ4n) is 3.67. The van der Waals surface area contributed by atoms with Gasteiger partial charge in [-0.25, -0.2) is 8.78 Å². The Labute approximate surface area is 183 Å². The third-order valence-corrected chi connectivity index (χ3v) is 5.20. The molecule has 3 N–H and O–H groups in total. The van der Waals surface area contributed by atoms with Gasteiger partial charge in [0.1, 0.15) is 30.4 Å². The molecule has 0 amide bonds. The van der Waals surface area contributed by atoms with Crippen molar-refractivity contribution in [3.05, 3.63) is 89.4 Å². The Bertz CT molecular complexity index is 1270. The summed E-state index contributed by atoms with van der Waals surface area (Å²) in [5.41, 5.74) is 8.35. The minimum absolute atomic E-state index is 0.0916. The number of hydrogen-bond acceptors (Lipinski definition) is 4. The molecular weight excluding hydrogens is 416 g/mol. The number of furan rings is 1. The van der Waals surface area contributed by atoms with E-state index in [-0.39, 0.29) is 24.2 Å². The lowest BCUT2D eigenvalue weighted by Crippen LogP contribution is -2.14. The van der Waals surface area contributed by atoms with Crippen LogP contribution in [0.15, 0.2) is 71.3 Å². The molecule has 4 aromatic rings. The first-order valence-electron chi connectivity index (χ1n) is 10.0. The molecule has 0 fully saturated rings. The summed E-state index contributed by atoms with van der Waals surface area (Å²) in [6, 6.07) is 15.9. The van der Waals surface area contributed by atoms with Crippen LogP contribution in [0.3, 0.4) is 0 Å². The third kappa shape index (κ3) is 4.33. The van der Waals surface area contributed by atoms with Gasteiger partial charge in [0.15, 0.2) is 0 Å². The van der Waals surface area contributed by atoms with E-state index in [0.717, 1.165) is 10.9 Å². The molecule has 164 valence electrons. The number of carbonyl (C=O) groups is 1. The highest BCUT2D eigenvalue weighted by atomic mass is 19.1. The van der Waals surface area contributed by atoms with Crippen molar-refractivity contribution >= 4 is 16.9 Å². The van der Waals surface area contributed by atoms with E-state index in [4.69, 9.17) is 20.0 Å². The Hall–Kier alpha value is -3.71. The van der Waals surface area contributed by atoms with E-state index in [1.54, 1.807) is 48.5 Å². The van der Waals surface area contributed by atoms with Crippen LogP contribution in [0.1, 0.15) is 22.7 Å². The first-order valence-corrected chi connectivity index (χ1v) is 10.0. The molecule has 0 radical (unpaired) electrons. The number of aliphatic carboxylic acids is 1. The lowest BCUT2D eigenvalue weighted by molar-refractivity contribution is -0.136. The molecule has 0 aliphatic carbocycles. The molecule has 3 aromatic carbocycles. The molecule has 0 spiro atoms. The summed E-state index contributed by atoms with van der Waals surface area (Å²) in [6.07, 6.45) is 1.35. The average Bonchev–Trinajstić information content (AvgIpc) is 3.26. The van der Waals surface area contributed by atoms with Crippen molar-refractivity contribution in [1.29, 1.82) is 0 Å². The molecule has 1 atom stereocenters. The molecule has 1 unspecified atom stereocenters. The lowest BCUT2D eigenvalue weighted by atomic mass is 9.96. The van der Waals surface area contributed by atoms with Gasteiger partial charge in [0.2, 0.25) is 0 Å². The Morgan fingerprint density at radius 1 is 1.09 bits per heavy atom. The van der Waals surface area contributed by atoms with E-state index >= 15 is 4.39 Å². The zero-order chi connectivity index (χ0) is 22.7. The topological polar surface area (TPSA) is 85.7 Å².